The van der Waals surface area contributed by atoms with E-state index in [0.29, 0.717) is 28.2 Å². The number of hydrogen-bond acceptors (Lipinski definition) is 3. The summed E-state index contributed by atoms with van der Waals surface area (Å²) in [7, 11) is 0. The third kappa shape index (κ3) is 6.59. The summed E-state index contributed by atoms with van der Waals surface area (Å²) in [6.45, 7) is 6.49. The largest absolute Gasteiger partial charge is 0.510 e. The zero-order chi connectivity index (χ0) is 47.2. The Hall–Kier alpha value is -6.62. The first-order chi connectivity index (χ1) is 32.0. The third-order valence-corrected chi connectivity index (χ3v) is 9.87. The number of rotatable bonds is 7. The van der Waals surface area contributed by atoms with Crippen molar-refractivity contribution in [2.24, 2.45) is 0 Å². The average Bonchev–Trinajstić information content (AvgIpc) is 3.87. The molecule has 0 amide bonds. The zero-order valence-electron chi connectivity index (χ0n) is 41.4. The molecule has 0 aliphatic heterocycles. The van der Waals surface area contributed by atoms with Crippen LogP contribution in [0.3, 0.4) is 0 Å². The van der Waals surface area contributed by atoms with Gasteiger partial charge in [-0.3, -0.25) is 9.55 Å². The Kier molecular flexibility index (Phi) is 7.02. The Balaban J connectivity index is 0.00000578. The molecule has 0 aliphatic rings. The molecule has 4 heterocycles. The molecule has 0 atom stereocenters. The van der Waals surface area contributed by atoms with Crippen molar-refractivity contribution in [2.75, 3.05) is 0 Å². The van der Waals surface area contributed by atoms with E-state index >= 15 is 0 Å². The molecule has 0 bridgehead atoms. The predicted octanol–water partition coefficient (Wildman–Crippen LogP) is 11.6. The fourth-order valence-electron chi connectivity index (χ4n) is 7.18. The van der Waals surface area contributed by atoms with Crippen molar-refractivity contribution in [1.82, 2.24) is 19.1 Å². The summed E-state index contributed by atoms with van der Waals surface area (Å²) < 4.78 is 98.4. The first kappa shape index (κ1) is 27.1. The topological polar surface area (TPSA) is 48.8 Å². The van der Waals surface area contributed by atoms with Crippen molar-refractivity contribution < 1.29 is 44.1 Å². The summed E-state index contributed by atoms with van der Waals surface area (Å²) in [5.74, 6) is 1.52. The molecular weight excluding hydrogens is 894 g/mol. The van der Waals surface area contributed by atoms with Crippen molar-refractivity contribution in [3.05, 3.63) is 194 Å². The number of hydrogen-bond donors (Lipinski definition) is 0. The second-order valence-electron chi connectivity index (χ2n) is 14.4. The van der Waals surface area contributed by atoms with Gasteiger partial charge in [0.25, 0.3) is 6.33 Å². The number of aromatic nitrogens is 5. The van der Waals surface area contributed by atoms with Gasteiger partial charge in [-0.05, 0) is 68.6 Å². The number of ether oxygens (including phenoxy) is 1. The van der Waals surface area contributed by atoms with E-state index in [-0.39, 0.29) is 54.4 Å². The Bertz CT molecular complexity index is 3550. The van der Waals surface area contributed by atoms with Gasteiger partial charge in [0.1, 0.15) is 5.82 Å². The summed E-state index contributed by atoms with van der Waals surface area (Å²) in [6.07, 6.45) is 8.32. The number of nitrogens with zero attached hydrogens (tertiary/aromatic N) is 5. The van der Waals surface area contributed by atoms with Crippen LogP contribution in [0.4, 0.5) is 0 Å². The molecule has 0 unspecified atom stereocenters. The van der Waals surface area contributed by atoms with Crippen molar-refractivity contribution in [3.8, 4) is 50.9 Å². The van der Waals surface area contributed by atoms with Gasteiger partial charge < -0.3 is 13.9 Å². The van der Waals surface area contributed by atoms with Gasteiger partial charge in [-0.1, -0.05) is 123 Å². The van der Waals surface area contributed by atoms with Crippen LogP contribution in [0.25, 0.3) is 72.3 Å². The number of benzene rings is 6. The van der Waals surface area contributed by atoms with Crippen LogP contribution in [0.15, 0.2) is 170 Å². The van der Waals surface area contributed by atoms with Gasteiger partial charge in [-0.15, -0.1) is 29.7 Å². The minimum atomic E-state index is -0.581. The van der Waals surface area contributed by atoms with Crippen molar-refractivity contribution in [2.45, 2.75) is 26.2 Å². The number of para-hydroxylation sites is 2. The van der Waals surface area contributed by atoms with Crippen LogP contribution >= 0.6 is 0 Å². The summed E-state index contributed by atoms with van der Waals surface area (Å²) in [5.41, 5.74) is 4.27. The molecule has 284 valence electrons. The van der Waals surface area contributed by atoms with Gasteiger partial charge in [0.2, 0.25) is 0 Å². The van der Waals surface area contributed by atoms with Gasteiger partial charge in [0.15, 0.2) is 0 Å². The molecule has 0 radical (unpaired) electrons. The van der Waals surface area contributed by atoms with E-state index in [4.69, 9.17) is 23.4 Å². The van der Waals surface area contributed by atoms with Gasteiger partial charge >= 0.3 is 0 Å². The van der Waals surface area contributed by atoms with Crippen LogP contribution in [-0.2, 0) is 26.5 Å². The van der Waals surface area contributed by atoms with E-state index in [2.05, 4.69) is 67.0 Å². The molecule has 0 spiro atoms. The summed E-state index contributed by atoms with van der Waals surface area (Å²) >= 11 is 0. The molecule has 6 aromatic carbocycles. The Morgan fingerprint density at radius 2 is 1.40 bits per heavy atom. The molecule has 0 saturated carbocycles. The maximum atomic E-state index is 8.97. The van der Waals surface area contributed by atoms with E-state index in [1.165, 1.54) is 0 Å². The Morgan fingerprint density at radius 1 is 0.690 bits per heavy atom. The van der Waals surface area contributed by atoms with Crippen molar-refractivity contribution >= 4 is 32.8 Å². The Labute approximate surface area is 366 Å². The molecule has 6 nitrogen and oxygen atoms in total. The van der Waals surface area contributed by atoms with Gasteiger partial charge in [0, 0.05) is 56.7 Å². The summed E-state index contributed by atoms with van der Waals surface area (Å²) in [6, 6.07) is 29.4. The molecule has 0 fully saturated rings. The van der Waals surface area contributed by atoms with E-state index < -0.39 is 60.4 Å². The molecule has 0 aliphatic carbocycles. The van der Waals surface area contributed by atoms with Gasteiger partial charge in [0.05, 0.1) is 30.4 Å². The minimum Gasteiger partial charge on any atom is -0.510 e. The van der Waals surface area contributed by atoms with Crippen LogP contribution in [0.2, 0.25) is 0 Å². The third-order valence-electron chi connectivity index (χ3n) is 9.87. The predicted molar refractivity (Wildman–Crippen MR) is 227 cm³/mol. The molecule has 10 rings (SSSR count). The maximum Gasteiger partial charge on any atom is 0.268 e. The second kappa shape index (κ2) is 15.0. The fraction of sp³-hybridized carbons (Fsp3) is 0.0784. The normalized spacial score (nSPS) is 14.0. The maximum absolute atomic E-state index is 8.97. The first-order valence-electron chi connectivity index (χ1n) is 23.3. The zero-order valence-corrected chi connectivity index (χ0v) is 33.6. The Morgan fingerprint density at radius 3 is 2.14 bits per heavy atom. The molecule has 4 aromatic heterocycles. The van der Waals surface area contributed by atoms with Crippen molar-refractivity contribution in [3.63, 3.8) is 0 Å². The molecular formula is C51H37N5OPt-2. The van der Waals surface area contributed by atoms with Crippen LogP contribution in [0.5, 0.6) is 11.5 Å². The summed E-state index contributed by atoms with van der Waals surface area (Å²) in [5, 5.41) is 2.01. The van der Waals surface area contributed by atoms with E-state index in [1.54, 1.807) is 64.0 Å². The number of fused-ring (bicyclic) bond motifs is 4. The number of imidazole rings is 1. The second-order valence-corrected chi connectivity index (χ2v) is 14.4. The van der Waals surface area contributed by atoms with Crippen LogP contribution in [0.1, 0.15) is 40.0 Å². The van der Waals surface area contributed by atoms with Crippen molar-refractivity contribution in [1.29, 1.82) is 0 Å². The molecule has 7 heteroatoms. The van der Waals surface area contributed by atoms with E-state index in [9.17, 15) is 0 Å². The van der Waals surface area contributed by atoms with E-state index in [1.807, 2.05) is 36.5 Å². The monoisotopic (exact) mass is 940 g/mol. The standard InChI is InChI=1S/C51H37N5O.Pt/c1-51(2,3)37-26-29-53-49(30-37)56-45-23-11-10-20-43(45)44-25-24-40(32-47(44)56)57-39-19-12-18-38(31-39)54-34-55(48-33-52-28-27-46(48)54)50-41(35-14-6-4-7-15-35)21-13-22-42(50)36-16-8-5-9-17-36;/h4-30,33H,1-3H3;/q-2;/i4D,5D,6D,7D,8D,9D,14D,15D,16D,17D;. The molecule has 10 aromatic rings. The SMILES string of the molecule is [2H]c1c([2H])c([2H])c(-c2cccc(-c3c([2H])c([2H])c([2H])c([2H])c3[2H])c2-[n+]2[c-]n(-c3[c-]c(Oc4[c-]c5c(cc4)c4ccccc4n5-c4cc(C(C)(C)C)ccn4)ccc3)c3ccncc32)c([2H])c1[2H].[Pt]. The van der Waals surface area contributed by atoms with Gasteiger partial charge in [-0.25, -0.2) is 4.98 Å². The first-order valence-corrected chi connectivity index (χ1v) is 18.3. The van der Waals surface area contributed by atoms with E-state index in [0.717, 1.165) is 33.2 Å². The minimum absolute atomic E-state index is 0. The summed E-state index contributed by atoms with van der Waals surface area (Å²) in [4.78, 5) is 9.19. The van der Waals surface area contributed by atoms with Crippen LogP contribution in [-0.4, -0.2) is 19.1 Å². The smallest absolute Gasteiger partial charge is 0.268 e. The molecule has 0 N–H and O–H groups in total. The van der Waals surface area contributed by atoms with Crippen LogP contribution in [0, 0.1) is 18.5 Å². The fourth-order valence-corrected chi connectivity index (χ4v) is 7.18. The number of pyridine rings is 2. The van der Waals surface area contributed by atoms with Gasteiger partial charge in [-0.2, -0.15) is 18.2 Å². The quantitative estimate of drug-likeness (QED) is 0.118. The molecule has 0 saturated heterocycles. The molecule has 58 heavy (non-hydrogen) atoms. The van der Waals surface area contributed by atoms with Crippen LogP contribution < -0.4 is 9.30 Å². The average molecular weight is 941 g/mol.